The van der Waals surface area contributed by atoms with Crippen LogP contribution >= 0.6 is 0 Å². The van der Waals surface area contributed by atoms with Crippen molar-refractivity contribution in [2.24, 2.45) is 5.92 Å². The number of rotatable bonds is 6. The summed E-state index contributed by atoms with van der Waals surface area (Å²) in [5.74, 6) is 0.132. The van der Waals surface area contributed by atoms with Crippen molar-refractivity contribution in [3.05, 3.63) is 46.3 Å². The lowest BCUT2D eigenvalue weighted by atomic mass is 9.97. The van der Waals surface area contributed by atoms with Crippen molar-refractivity contribution >= 4 is 29.0 Å². The number of hydrogen-bond donors (Lipinski definition) is 0. The third kappa shape index (κ3) is 4.28. The van der Waals surface area contributed by atoms with Crippen molar-refractivity contribution in [3.8, 4) is 0 Å². The molecule has 1 fully saturated rings. The molecule has 1 aromatic carbocycles. The Morgan fingerprint density at radius 1 is 1.34 bits per heavy atom. The van der Waals surface area contributed by atoms with E-state index in [1.807, 2.05) is 47.9 Å². The zero-order chi connectivity index (χ0) is 21.0. The van der Waals surface area contributed by atoms with Crippen molar-refractivity contribution in [2.45, 2.75) is 26.7 Å². The highest BCUT2D eigenvalue weighted by Gasteiger charge is 2.33. The quantitative estimate of drug-likeness (QED) is 0.414. The lowest BCUT2D eigenvalue weighted by Crippen LogP contribution is -2.37. The molecule has 29 heavy (non-hydrogen) atoms. The van der Waals surface area contributed by atoms with Crippen LogP contribution in [0.15, 0.2) is 30.6 Å². The first-order chi connectivity index (χ1) is 14.0. The average molecular weight is 399 g/mol. The van der Waals surface area contributed by atoms with Gasteiger partial charge in [0, 0.05) is 25.3 Å². The minimum atomic E-state index is -0.421. The highest BCUT2D eigenvalue weighted by atomic mass is 16.6. The molecular weight excluding hydrogens is 374 g/mol. The molecule has 1 saturated heterocycles. The molecule has 0 atom stereocenters. The van der Waals surface area contributed by atoms with Crippen LogP contribution in [-0.2, 0) is 9.53 Å². The number of ether oxygens (including phenoxy) is 1. The van der Waals surface area contributed by atoms with Gasteiger partial charge in [0.05, 0.1) is 18.0 Å². The molecule has 0 radical (unpaired) electrons. The Morgan fingerprint density at radius 3 is 2.66 bits per heavy atom. The van der Waals surface area contributed by atoms with Gasteiger partial charge in [-0.05, 0) is 44.4 Å². The van der Waals surface area contributed by atoms with E-state index in [-0.39, 0.29) is 29.2 Å². The molecule has 2 aromatic rings. The number of nitro groups is 1. The molecule has 0 spiro atoms. The fourth-order valence-electron chi connectivity index (χ4n) is 3.70. The first kappa shape index (κ1) is 20.5. The lowest BCUT2D eigenvalue weighted by Gasteiger charge is -2.31. The zero-order valence-electron chi connectivity index (χ0n) is 16.9. The summed E-state index contributed by atoms with van der Waals surface area (Å²) in [5.41, 5.74) is 1.78. The number of nitrogens with zero attached hydrogens (tertiary/aromatic N) is 5. The maximum absolute atomic E-state index is 12.0. The second-order valence-corrected chi connectivity index (χ2v) is 6.99. The van der Waals surface area contributed by atoms with Gasteiger partial charge in [0.2, 0.25) is 11.6 Å². The Kier molecular flexibility index (Phi) is 6.26. The van der Waals surface area contributed by atoms with Crippen LogP contribution in [0.25, 0.3) is 0 Å². The topological polar surface area (TPSA) is 102 Å². The summed E-state index contributed by atoms with van der Waals surface area (Å²) in [6.07, 6.45) is 2.50. The second kappa shape index (κ2) is 8.85. The van der Waals surface area contributed by atoms with Gasteiger partial charge in [-0.3, -0.25) is 14.9 Å². The first-order valence-electron chi connectivity index (χ1n) is 9.62. The molecular formula is C20H25N5O4. The molecule has 9 heteroatoms. The number of aryl methyl sites for hydroxylation is 1. The van der Waals surface area contributed by atoms with E-state index in [4.69, 9.17) is 4.74 Å². The average Bonchev–Trinajstić information content (AvgIpc) is 2.73. The number of piperidine rings is 1. The summed E-state index contributed by atoms with van der Waals surface area (Å²) in [4.78, 5) is 35.5. The monoisotopic (exact) mass is 399 g/mol. The second-order valence-electron chi connectivity index (χ2n) is 6.99. The van der Waals surface area contributed by atoms with E-state index in [2.05, 4.69) is 9.97 Å². The maximum atomic E-state index is 12.0. The molecule has 0 aliphatic carbocycles. The third-order valence-corrected chi connectivity index (χ3v) is 5.18. The molecule has 1 aliphatic heterocycles. The normalized spacial score (nSPS) is 14.5. The van der Waals surface area contributed by atoms with E-state index in [1.54, 1.807) is 0 Å². The molecule has 3 rings (SSSR count). The smallest absolute Gasteiger partial charge is 0.353 e. The predicted molar refractivity (Wildman–Crippen MR) is 109 cm³/mol. The Hall–Kier alpha value is -3.23. The number of esters is 1. The largest absolute Gasteiger partial charge is 0.469 e. The predicted octanol–water partition coefficient (Wildman–Crippen LogP) is 3.24. The van der Waals surface area contributed by atoms with Crippen LogP contribution in [0.5, 0.6) is 0 Å². The van der Waals surface area contributed by atoms with E-state index in [9.17, 15) is 14.9 Å². The van der Waals surface area contributed by atoms with Crippen LogP contribution < -0.4 is 9.80 Å². The summed E-state index contributed by atoms with van der Waals surface area (Å²) in [6, 6.07) is 7.77. The summed E-state index contributed by atoms with van der Waals surface area (Å²) in [5, 5.41) is 12.0. The summed E-state index contributed by atoms with van der Waals surface area (Å²) in [7, 11) is 1.38. The minimum absolute atomic E-state index is 0.118. The van der Waals surface area contributed by atoms with Crippen molar-refractivity contribution < 1.29 is 14.5 Å². The standard InChI is InChI=1S/C20H25N5O4/c1-4-24(16-7-5-6-14(2)12-16)19-17(25(27)28)18(21-13-22-19)23-10-8-15(9-11-23)20(26)29-3/h5-7,12-13,15H,4,8-11H2,1-3H3. The van der Waals surface area contributed by atoms with Gasteiger partial charge in [0.25, 0.3) is 0 Å². The van der Waals surface area contributed by atoms with Crippen molar-refractivity contribution in [3.63, 3.8) is 0 Å². The van der Waals surface area contributed by atoms with E-state index in [0.717, 1.165) is 11.3 Å². The van der Waals surface area contributed by atoms with Gasteiger partial charge < -0.3 is 14.5 Å². The Bertz CT molecular complexity index is 896. The minimum Gasteiger partial charge on any atom is -0.469 e. The lowest BCUT2D eigenvalue weighted by molar-refractivity contribution is -0.383. The number of anilines is 3. The Labute approximate surface area is 169 Å². The highest BCUT2D eigenvalue weighted by Crippen LogP contribution is 2.38. The van der Waals surface area contributed by atoms with E-state index >= 15 is 0 Å². The molecule has 0 N–H and O–H groups in total. The molecule has 0 bridgehead atoms. The molecule has 154 valence electrons. The first-order valence-corrected chi connectivity index (χ1v) is 9.62. The number of benzene rings is 1. The van der Waals surface area contributed by atoms with Crippen LogP contribution in [-0.4, -0.2) is 47.6 Å². The van der Waals surface area contributed by atoms with E-state index in [1.165, 1.54) is 13.4 Å². The summed E-state index contributed by atoms with van der Waals surface area (Å²) >= 11 is 0. The van der Waals surface area contributed by atoms with Crippen molar-refractivity contribution in [2.75, 3.05) is 36.5 Å². The van der Waals surface area contributed by atoms with E-state index in [0.29, 0.717) is 32.5 Å². The zero-order valence-corrected chi connectivity index (χ0v) is 16.9. The molecule has 1 aromatic heterocycles. The molecule has 0 saturated carbocycles. The molecule has 0 amide bonds. The van der Waals surface area contributed by atoms with Crippen LogP contribution in [0.4, 0.5) is 23.0 Å². The summed E-state index contributed by atoms with van der Waals surface area (Å²) in [6.45, 7) is 5.41. The Morgan fingerprint density at radius 2 is 2.07 bits per heavy atom. The summed E-state index contributed by atoms with van der Waals surface area (Å²) < 4.78 is 4.82. The number of methoxy groups -OCH3 is 1. The van der Waals surface area contributed by atoms with E-state index < -0.39 is 4.92 Å². The van der Waals surface area contributed by atoms with Gasteiger partial charge in [0.1, 0.15) is 6.33 Å². The molecule has 9 nitrogen and oxygen atoms in total. The van der Waals surface area contributed by atoms with Crippen LogP contribution in [0, 0.1) is 23.0 Å². The van der Waals surface area contributed by atoms with Gasteiger partial charge in [-0.15, -0.1) is 0 Å². The third-order valence-electron chi connectivity index (χ3n) is 5.18. The Balaban J connectivity index is 1.96. The van der Waals surface area contributed by atoms with Crippen LogP contribution in [0.1, 0.15) is 25.3 Å². The molecule has 1 aliphatic rings. The van der Waals surface area contributed by atoms with Crippen LogP contribution in [0.3, 0.4) is 0 Å². The van der Waals surface area contributed by atoms with Gasteiger partial charge in [-0.2, -0.15) is 0 Å². The van der Waals surface area contributed by atoms with Gasteiger partial charge >= 0.3 is 11.7 Å². The maximum Gasteiger partial charge on any atom is 0.353 e. The number of aromatic nitrogens is 2. The fourth-order valence-corrected chi connectivity index (χ4v) is 3.70. The van der Waals surface area contributed by atoms with Crippen molar-refractivity contribution in [1.82, 2.24) is 9.97 Å². The van der Waals surface area contributed by atoms with Gasteiger partial charge in [-0.25, -0.2) is 9.97 Å². The van der Waals surface area contributed by atoms with Gasteiger partial charge in [0.15, 0.2) is 0 Å². The highest BCUT2D eigenvalue weighted by molar-refractivity contribution is 5.77. The number of carbonyl (C=O) groups excluding carboxylic acids is 1. The van der Waals surface area contributed by atoms with Crippen LogP contribution in [0.2, 0.25) is 0 Å². The van der Waals surface area contributed by atoms with Crippen molar-refractivity contribution in [1.29, 1.82) is 0 Å². The molecule has 0 unspecified atom stereocenters. The fraction of sp³-hybridized carbons (Fsp3) is 0.450. The number of carbonyl (C=O) groups is 1. The molecule has 2 heterocycles. The SMILES string of the molecule is CCN(c1cccc(C)c1)c1ncnc(N2CCC(C(=O)OC)CC2)c1[N+](=O)[O-]. The van der Waals surface area contributed by atoms with Gasteiger partial charge in [-0.1, -0.05) is 12.1 Å². The number of hydrogen-bond acceptors (Lipinski definition) is 8.